The number of fused-ring (bicyclic) bond motifs is 1. The molecule has 9 heteroatoms. The summed E-state index contributed by atoms with van der Waals surface area (Å²) in [5, 5.41) is 0.693. The molecule has 1 atom stereocenters. The number of aromatic amines is 1. The van der Waals surface area contributed by atoms with Crippen LogP contribution in [0, 0.1) is 0 Å². The quantitative estimate of drug-likeness (QED) is 0.713. The number of rotatable bonds is 3. The second-order valence-corrected chi connectivity index (χ2v) is 8.04. The molecule has 4 heterocycles. The summed E-state index contributed by atoms with van der Waals surface area (Å²) in [5.41, 5.74) is 1.86. The molecule has 0 bridgehead atoms. The fraction of sp³-hybridized carbons (Fsp3) is 0.400. The molecule has 29 heavy (non-hydrogen) atoms. The molecule has 2 aliphatic rings. The molecule has 150 valence electrons. The molecule has 1 amide bonds. The number of aromatic nitrogens is 4. The van der Waals surface area contributed by atoms with E-state index in [2.05, 4.69) is 19.9 Å². The summed E-state index contributed by atoms with van der Waals surface area (Å²) in [6, 6.07) is 7.80. The molecule has 2 saturated heterocycles. The zero-order valence-electron chi connectivity index (χ0n) is 16.2. The lowest BCUT2D eigenvalue weighted by Gasteiger charge is -2.33. The highest BCUT2D eigenvalue weighted by atomic mass is 35.5. The molecular formula is C20H22ClN7O. The predicted octanol–water partition coefficient (Wildman–Crippen LogP) is 2.63. The standard InChI is InChI=1S/C20H22ClN7O/c1-26-7-8-27(11-19(26)29)17-10-18(23-12-22-17)28-6-2-3-16(28)20-24-14-5-4-13(21)9-15(14)25-20/h4-5,9-10,12,16H,2-3,6-8,11H2,1H3,(H,24,25). The van der Waals surface area contributed by atoms with Crippen molar-refractivity contribution in [2.45, 2.75) is 18.9 Å². The summed E-state index contributed by atoms with van der Waals surface area (Å²) in [5.74, 6) is 2.69. The Kier molecular flexibility index (Phi) is 4.50. The fourth-order valence-corrected chi connectivity index (χ4v) is 4.28. The van der Waals surface area contributed by atoms with Gasteiger partial charge in [0.1, 0.15) is 23.8 Å². The van der Waals surface area contributed by atoms with E-state index in [1.54, 1.807) is 11.2 Å². The molecule has 5 rings (SSSR count). The average Bonchev–Trinajstić information content (AvgIpc) is 3.36. The van der Waals surface area contributed by atoms with Crippen LogP contribution < -0.4 is 9.80 Å². The second kappa shape index (κ2) is 7.18. The average molecular weight is 412 g/mol. The van der Waals surface area contributed by atoms with Gasteiger partial charge in [-0.3, -0.25) is 4.79 Å². The van der Waals surface area contributed by atoms with Crippen molar-refractivity contribution in [1.82, 2.24) is 24.8 Å². The van der Waals surface area contributed by atoms with Crippen LogP contribution in [-0.2, 0) is 4.79 Å². The van der Waals surface area contributed by atoms with Gasteiger partial charge in [-0.05, 0) is 31.0 Å². The lowest BCUT2D eigenvalue weighted by atomic mass is 10.2. The number of nitrogens with zero attached hydrogens (tertiary/aromatic N) is 6. The monoisotopic (exact) mass is 411 g/mol. The topological polar surface area (TPSA) is 81.2 Å². The first-order valence-corrected chi connectivity index (χ1v) is 10.2. The maximum absolute atomic E-state index is 12.1. The molecule has 2 fully saturated rings. The first-order chi connectivity index (χ1) is 14.1. The largest absolute Gasteiger partial charge is 0.346 e. The molecule has 1 aromatic carbocycles. The van der Waals surface area contributed by atoms with Crippen molar-refractivity contribution in [3.63, 3.8) is 0 Å². The lowest BCUT2D eigenvalue weighted by molar-refractivity contribution is -0.129. The molecule has 0 aliphatic carbocycles. The number of imidazole rings is 1. The third-order valence-corrected chi connectivity index (χ3v) is 5.98. The third kappa shape index (κ3) is 3.37. The number of amides is 1. The summed E-state index contributed by atoms with van der Waals surface area (Å²) in [7, 11) is 1.83. The highest BCUT2D eigenvalue weighted by Crippen LogP contribution is 2.35. The van der Waals surface area contributed by atoms with Crippen molar-refractivity contribution in [3.05, 3.63) is 41.4 Å². The minimum absolute atomic E-state index is 0.108. The summed E-state index contributed by atoms with van der Waals surface area (Å²) >= 11 is 6.12. The Morgan fingerprint density at radius 2 is 2.00 bits per heavy atom. The van der Waals surface area contributed by atoms with Crippen molar-refractivity contribution >= 4 is 40.2 Å². The molecule has 1 unspecified atom stereocenters. The highest BCUT2D eigenvalue weighted by molar-refractivity contribution is 6.31. The number of hydrogen-bond acceptors (Lipinski definition) is 6. The van der Waals surface area contributed by atoms with Gasteiger partial charge in [0.15, 0.2) is 0 Å². The number of halogens is 1. The molecule has 2 aliphatic heterocycles. The molecule has 3 aromatic rings. The smallest absolute Gasteiger partial charge is 0.241 e. The Morgan fingerprint density at radius 1 is 1.14 bits per heavy atom. The first-order valence-electron chi connectivity index (χ1n) is 9.81. The number of hydrogen-bond donors (Lipinski definition) is 1. The van der Waals surface area contributed by atoms with Crippen LogP contribution in [0.4, 0.5) is 11.6 Å². The molecule has 8 nitrogen and oxygen atoms in total. The maximum Gasteiger partial charge on any atom is 0.241 e. The van der Waals surface area contributed by atoms with Crippen LogP contribution in [-0.4, -0.2) is 64.0 Å². The van der Waals surface area contributed by atoms with Crippen molar-refractivity contribution in [2.75, 3.05) is 43.0 Å². The summed E-state index contributed by atoms with van der Waals surface area (Å²) in [4.78, 5) is 35.3. The Hall–Kier alpha value is -2.87. The SMILES string of the molecule is CN1CCN(c2cc(N3CCCC3c3nc4ccc(Cl)cc4[nH]3)ncn2)CC1=O. The number of carbonyl (C=O) groups excluding carboxylic acids is 1. The zero-order valence-corrected chi connectivity index (χ0v) is 16.9. The van der Waals surface area contributed by atoms with Crippen LogP contribution in [0.3, 0.4) is 0 Å². The Morgan fingerprint density at radius 3 is 2.86 bits per heavy atom. The molecular weight excluding hydrogens is 390 g/mol. The van der Waals surface area contributed by atoms with Crippen LogP contribution >= 0.6 is 11.6 Å². The Labute approximate surface area is 173 Å². The van der Waals surface area contributed by atoms with Gasteiger partial charge < -0.3 is 19.7 Å². The van der Waals surface area contributed by atoms with Crippen molar-refractivity contribution in [3.8, 4) is 0 Å². The highest BCUT2D eigenvalue weighted by Gasteiger charge is 2.30. The van der Waals surface area contributed by atoms with Crippen molar-refractivity contribution in [2.24, 2.45) is 0 Å². The number of carbonyl (C=O) groups is 1. The summed E-state index contributed by atoms with van der Waals surface area (Å²) in [6.07, 6.45) is 3.65. The van der Waals surface area contributed by atoms with E-state index < -0.39 is 0 Å². The fourth-order valence-electron chi connectivity index (χ4n) is 4.11. The van der Waals surface area contributed by atoms with E-state index in [4.69, 9.17) is 16.6 Å². The Balaban J connectivity index is 1.43. The van der Waals surface area contributed by atoms with E-state index in [1.807, 2.05) is 36.2 Å². The zero-order chi connectivity index (χ0) is 20.0. The minimum atomic E-state index is 0.108. The molecule has 2 aromatic heterocycles. The van der Waals surface area contributed by atoms with Crippen LogP contribution in [0.2, 0.25) is 5.02 Å². The van der Waals surface area contributed by atoms with Crippen LogP contribution in [0.5, 0.6) is 0 Å². The summed E-state index contributed by atoms with van der Waals surface area (Å²) < 4.78 is 0. The van der Waals surface area contributed by atoms with Crippen molar-refractivity contribution in [1.29, 1.82) is 0 Å². The van der Waals surface area contributed by atoms with Gasteiger partial charge in [-0.2, -0.15) is 0 Å². The number of anilines is 2. The van der Waals surface area contributed by atoms with Gasteiger partial charge in [0, 0.05) is 37.8 Å². The number of benzene rings is 1. The van der Waals surface area contributed by atoms with E-state index in [9.17, 15) is 4.79 Å². The van der Waals surface area contributed by atoms with Gasteiger partial charge in [0.25, 0.3) is 0 Å². The molecule has 0 radical (unpaired) electrons. The Bertz CT molecular complexity index is 1070. The summed E-state index contributed by atoms with van der Waals surface area (Å²) in [6.45, 7) is 2.72. The van der Waals surface area contributed by atoms with Crippen LogP contribution in [0.15, 0.2) is 30.6 Å². The van der Waals surface area contributed by atoms with E-state index in [0.717, 1.165) is 54.4 Å². The number of likely N-dealkylation sites (N-methyl/N-ethyl adjacent to an activating group) is 1. The van der Waals surface area contributed by atoms with Crippen LogP contribution in [0.1, 0.15) is 24.7 Å². The molecule has 1 N–H and O–H groups in total. The minimum Gasteiger partial charge on any atom is -0.346 e. The third-order valence-electron chi connectivity index (χ3n) is 5.74. The van der Waals surface area contributed by atoms with Gasteiger partial charge in [-0.25, -0.2) is 15.0 Å². The molecule has 0 spiro atoms. The van der Waals surface area contributed by atoms with E-state index in [-0.39, 0.29) is 11.9 Å². The first kappa shape index (κ1) is 18.2. The second-order valence-electron chi connectivity index (χ2n) is 7.61. The van der Waals surface area contributed by atoms with Gasteiger partial charge >= 0.3 is 0 Å². The van der Waals surface area contributed by atoms with Crippen molar-refractivity contribution < 1.29 is 4.79 Å². The maximum atomic E-state index is 12.1. The predicted molar refractivity (Wildman–Crippen MR) is 112 cm³/mol. The van der Waals surface area contributed by atoms with E-state index in [0.29, 0.717) is 18.1 Å². The van der Waals surface area contributed by atoms with E-state index in [1.165, 1.54) is 0 Å². The normalized spacial score (nSPS) is 20.1. The van der Waals surface area contributed by atoms with Crippen LogP contribution in [0.25, 0.3) is 11.0 Å². The van der Waals surface area contributed by atoms with E-state index >= 15 is 0 Å². The van der Waals surface area contributed by atoms with Gasteiger partial charge in [-0.15, -0.1) is 0 Å². The number of piperazine rings is 1. The molecule has 0 saturated carbocycles. The number of nitrogens with one attached hydrogen (secondary N) is 1. The van der Waals surface area contributed by atoms with Gasteiger partial charge in [-0.1, -0.05) is 11.6 Å². The van der Waals surface area contributed by atoms with Gasteiger partial charge in [0.05, 0.1) is 23.6 Å². The number of H-pyrrole nitrogens is 1. The lowest BCUT2D eigenvalue weighted by Crippen LogP contribution is -2.48. The van der Waals surface area contributed by atoms with Gasteiger partial charge in [0.2, 0.25) is 5.91 Å².